The zero-order valence-corrected chi connectivity index (χ0v) is 10.7. The fraction of sp³-hybridized carbons (Fsp3) is 0.357. The summed E-state index contributed by atoms with van der Waals surface area (Å²) in [7, 11) is 0.127. The summed E-state index contributed by atoms with van der Waals surface area (Å²) in [5.74, 6) is 4.66. The van der Waals surface area contributed by atoms with Gasteiger partial charge in [-0.2, -0.15) is 10.5 Å². The van der Waals surface area contributed by atoms with Crippen LogP contribution in [0.15, 0.2) is 41.3 Å². The summed E-state index contributed by atoms with van der Waals surface area (Å²) in [6.07, 6.45) is 5.62. The predicted molar refractivity (Wildman–Crippen MR) is 73.9 cm³/mol. The Balaban J connectivity index is 2.96. The van der Waals surface area contributed by atoms with Gasteiger partial charge >= 0.3 is 0 Å². The van der Waals surface area contributed by atoms with Crippen LogP contribution in [-0.4, -0.2) is 12.1 Å². The predicted octanol–water partition coefficient (Wildman–Crippen LogP) is 4.41. The Morgan fingerprint density at radius 2 is 2.00 bits per heavy atom. The van der Waals surface area contributed by atoms with Crippen molar-refractivity contribution in [2.45, 2.75) is 26.2 Å². The van der Waals surface area contributed by atoms with Crippen molar-refractivity contribution in [2.75, 3.05) is 6.26 Å². The van der Waals surface area contributed by atoms with Gasteiger partial charge in [-0.15, -0.1) is 0 Å². The molecule has 1 unspecified atom stereocenters. The number of allylic oxidation sites excluding steroid dienone is 2. The van der Waals surface area contributed by atoms with E-state index in [0.717, 1.165) is 6.42 Å². The molecule has 0 saturated carbocycles. The standard InChI is InChI=1S/C14H20S/c1-5-9-14(15(3)4)12(2)13-10-7-6-8-11-13/h6-12H,3,5H2,1-2,4H3/b14-9+/t12-,15?/m0/s1. The summed E-state index contributed by atoms with van der Waals surface area (Å²) in [6.45, 7) is 4.45. The van der Waals surface area contributed by atoms with Gasteiger partial charge in [0.05, 0.1) is 0 Å². The van der Waals surface area contributed by atoms with Gasteiger partial charge in [0.2, 0.25) is 0 Å². The van der Waals surface area contributed by atoms with Crippen LogP contribution in [0.4, 0.5) is 0 Å². The average Bonchev–Trinajstić information content (AvgIpc) is 2.26. The minimum absolute atomic E-state index is 0.127. The Morgan fingerprint density at radius 1 is 1.40 bits per heavy atom. The van der Waals surface area contributed by atoms with Crippen molar-refractivity contribution in [2.24, 2.45) is 0 Å². The van der Waals surface area contributed by atoms with Gasteiger partial charge in [0.15, 0.2) is 0 Å². The van der Waals surface area contributed by atoms with Gasteiger partial charge in [0.1, 0.15) is 0 Å². The first-order valence-electron chi connectivity index (χ1n) is 5.37. The highest BCUT2D eigenvalue weighted by Gasteiger charge is 2.10. The molecule has 0 aliphatic carbocycles. The summed E-state index contributed by atoms with van der Waals surface area (Å²) >= 11 is 0. The van der Waals surface area contributed by atoms with Crippen molar-refractivity contribution in [1.82, 2.24) is 0 Å². The van der Waals surface area contributed by atoms with Gasteiger partial charge in [-0.05, 0) is 23.1 Å². The van der Waals surface area contributed by atoms with Crippen LogP contribution in [0.2, 0.25) is 0 Å². The summed E-state index contributed by atoms with van der Waals surface area (Å²) in [5, 5.41) is 0. The highest BCUT2D eigenvalue weighted by atomic mass is 32.2. The van der Waals surface area contributed by atoms with Crippen LogP contribution >= 0.6 is 10.5 Å². The molecule has 2 atom stereocenters. The third-order valence-electron chi connectivity index (χ3n) is 2.53. The van der Waals surface area contributed by atoms with Gasteiger partial charge in [-0.3, -0.25) is 0 Å². The molecule has 0 aliphatic heterocycles. The molecule has 1 aromatic carbocycles. The van der Waals surface area contributed by atoms with Crippen molar-refractivity contribution in [3.8, 4) is 0 Å². The van der Waals surface area contributed by atoms with Gasteiger partial charge in [0.25, 0.3) is 0 Å². The molecular formula is C14H20S. The summed E-state index contributed by atoms with van der Waals surface area (Å²) < 4.78 is 0. The summed E-state index contributed by atoms with van der Waals surface area (Å²) in [6, 6.07) is 10.7. The molecule has 0 radical (unpaired) electrons. The van der Waals surface area contributed by atoms with Crippen LogP contribution < -0.4 is 0 Å². The Labute approximate surface area is 96.0 Å². The molecule has 0 fully saturated rings. The van der Waals surface area contributed by atoms with E-state index in [2.05, 4.69) is 62.4 Å². The highest BCUT2D eigenvalue weighted by Crippen LogP contribution is 2.34. The topological polar surface area (TPSA) is 0 Å². The molecule has 0 heterocycles. The molecule has 0 aromatic heterocycles. The molecule has 0 amide bonds. The second kappa shape index (κ2) is 5.92. The monoisotopic (exact) mass is 220 g/mol. The molecule has 1 heteroatoms. The molecule has 0 saturated heterocycles. The van der Waals surface area contributed by atoms with Crippen LogP contribution in [0.25, 0.3) is 0 Å². The quantitative estimate of drug-likeness (QED) is 0.659. The lowest BCUT2D eigenvalue weighted by Gasteiger charge is -2.17. The molecule has 0 spiro atoms. The third kappa shape index (κ3) is 3.35. The molecule has 82 valence electrons. The van der Waals surface area contributed by atoms with Crippen LogP contribution in [0.3, 0.4) is 0 Å². The zero-order chi connectivity index (χ0) is 11.3. The maximum atomic E-state index is 4.16. The molecule has 0 nitrogen and oxygen atoms in total. The Hall–Kier alpha value is -0.820. The number of hydrogen-bond donors (Lipinski definition) is 0. The Kier molecular flexibility index (Phi) is 4.83. The first-order valence-corrected chi connectivity index (χ1v) is 7.17. The van der Waals surface area contributed by atoms with Crippen molar-refractivity contribution >= 4 is 16.4 Å². The smallest absolute Gasteiger partial charge is 0.0113 e. The van der Waals surface area contributed by atoms with Gasteiger partial charge in [-0.1, -0.05) is 56.1 Å². The number of hydrogen-bond acceptors (Lipinski definition) is 0. The SMILES string of the molecule is C=S(C)/C(=C/CC)[C@@H](C)c1ccccc1. The molecule has 1 rings (SSSR count). The van der Waals surface area contributed by atoms with E-state index in [4.69, 9.17) is 0 Å². The van der Waals surface area contributed by atoms with Crippen molar-refractivity contribution < 1.29 is 0 Å². The molecule has 0 aliphatic rings. The lowest BCUT2D eigenvalue weighted by Crippen LogP contribution is -1.96. The highest BCUT2D eigenvalue weighted by molar-refractivity contribution is 8.16. The number of rotatable bonds is 4. The van der Waals surface area contributed by atoms with E-state index < -0.39 is 0 Å². The average molecular weight is 220 g/mol. The minimum atomic E-state index is 0.127. The third-order valence-corrected chi connectivity index (χ3v) is 3.86. The van der Waals surface area contributed by atoms with E-state index in [9.17, 15) is 0 Å². The van der Waals surface area contributed by atoms with E-state index in [1.807, 2.05) is 0 Å². The van der Waals surface area contributed by atoms with Crippen LogP contribution in [0.5, 0.6) is 0 Å². The normalized spacial score (nSPS) is 16.1. The minimum Gasteiger partial charge on any atom is -0.169 e. The van der Waals surface area contributed by atoms with Gasteiger partial charge in [-0.25, -0.2) is 0 Å². The Morgan fingerprint density at radius 3 is 2.47 bits per heavy atom. The second-order valence-corrected chi connectivity index (χ2v) is 5.53. The van der Waals surface area contributed by atoms with E-state index >= 15 is 0 Å². The molecular weight excluding hydrogens is 200 g/mol. The fourth-order valence-electron chi connectivity index (χ4n) is 1.73. The fourth-order valence-corrected chi connectivity index (χ4v) is 2.92. The van der Waals surface area contributed by atoms with E-state index in [1.54, 1.807) is 0 Å². The molecule has 1 aromatic rings. The summed E-state index contributed by atoms with van der Waals surface area (Å²) in [4.78, 5) is 1.48. The van der Waals surface area contributed by atoms with Crippen LogP contribution in [-0.2, 0) is 0 Å². The van der Waals surface area contributed by atoms with Crippen LogP contribution in [0, 0.1) is 0 Å². The van der Waals surface area contributed by atoms with Crippen molar-refractivity contribution in [1.29, 1.82) is 0 Å². The second-order valence-electron chi connectivity index (χ2n) is 3.78. The lowest BCUT2D eigenvalue weighted by atomic mass is 10.0. The van der Waals surface area contributed by atoms with Gasteiger partial charge < -0.3 is 0 Å². The van der Waals surface area contributed by atoms with Crippen molar-refractivity contribution in [3.05, 3.63) is 46.9 Å². The maximum Gasteiger partial charge on any atom is 0.0113 e. The molecule has 15 heavy (non-hydrogen) atoms. The first-order chi connectivity index (χ1) is 7.16. The Bertz CT molecular complexity index is 349. The number of benzene rings is 1. The van der Waals surface area contributed by atoms with Crippen molar-refractivity contribution in [3.63, 3.8) is 0 Å². The first kappa shape index (κ1) is 12.3. The zero-order valence-electron chi connectivity index (χ0n) is 9.86. The van der Waals surface area contributed by atoms with Gasteiger partial charge in [0, 0.05) is 5.92 Å². The lowest BCUT2D eigenvalue weighted by molar-refractivity contribution is 0.940. The van der Waals surface area contributed by atoms with E-state index in [1.165, 1.54) is 10.5 Å². The largest absolute Gasteiger partial charge is 0.169 e. The van der Waals surface area contributed by atoms with E-state index in [0.29, 0.717) is 5.92 Å². The summed E-state index contributed by atoms with van der Waals surface area (Å²) in [5.41, 5.74) is 1.39. The molecule has 0 N–H and O–H groups in total. The van der Waals surface area contributed by atoms with Crippen LogP contribution in [0.1, 0.15) is 31.7 Å². The molecule has 0 bridgehead atoms. The maximum absolute atomic E-state index is 4.16. The van der Waals surface area contributed by atoms with E-state index in [-0.39, 0.29) is 10.5 Å².